The molecule has 1 unspecified atom stereocenters. The summed E-state index contributed by atoms with van der Waals surface area (Å²) in [5.74, 6) is 3.86. The Balaban J connectivity index is 1.65. The van der Waals surface area contributed by atoms with Gasteiger partial charge in [0.15, 0.2) is 0 Å². The molecule has 0 saturated heterocycles. The van der Waals surface area contributed by atoms with Crippen molar-refractivity contribution in [2.75, 3.05) is 6.61 Å². The van der Waals surface area contributed by atoms with Crippen LogP contribution in [-0.2, 0) is 12.0 Å². The first-order valence-electron chi connectivity index (χ1n) is 7.99. The second kappa shape index (κ2) is 4.57. The monoisotopic (exact) mass is 276 g/mol. The Morgan fingerprint density at radius 1 is 1.20 bits per heavy atom. The maximum atomic E-state index is 9.74. The smallest absolute Gasteiger partial charge is 0.114 e. The van der Waals surface area contributed by atoms with E-state index < -0.39 is 6.10 Å². The zero-order valence-electron chi connectivity index (χ0n) is 11.9. The van der Waals surface area contributed by atoms with Gasteiger partial charge >= 0.3 is 0 Å². The molecule has 4 bridgehead atoms. The SMILES string of the molecule is OCC(O)Cn1ccnc1C12CC3CC(CC(C3)C1)C2. The second-order valence-electron chi connectivity index (χ2n) is 7.44. The van der Waals surface area contributed by atoms with Crippen LogP contribution in [0.15, 0.2) is 12.4 Å². The van der Waals surface area contributed by atoms with Gasteiger partial charge in [0.05, 0.1) is 19.3 Å². The minimum Gasteiger partial charge on any atom is -0.394 e. The van der Waals surface area contributed by atoms with Crippen LogP contribution in [0.5, 0.6) is 0 Å². The fourth-order valence-corrected chi connectivity index (χ4v) is 5.59. The van der Waals surface area contributed by atoms with Crippen molar-refractivity contribution in [3.63, 3.8) is 0 Å². The average molecular weight is 276 g/mol. The lowest BCUT2D eigenvalue weighted by molar-refractivity contribution is -0.0124. The van der Waals surface area contributed by atoms with Crippen molar-refractivity contribution in [2.45, 2.75) is 56.6 Å². The number of hydrogen-bond donors (Lipinski definition) is 2. The van der Waals surface area contributed by atoms with Crippen molar-refractivity contribution in [1.29, 1.82) is 0 Å². The highest BCUT2D eigenvalue weighted by Crippen LogP contribution is 2.60. The molecule has 4 fully saturated rings. The Morgan fingerprint density at radius 3 is 2.35 bits per heavy atom. The summed E-state index contributed by atoms with van der Waals surface area (Å²) in [5.41, 5.74) is 0.257. The third-order valence-corrected chi connectivity index (χ3v) is 5.85. The molecule has 20 heavy (non-hydrogen) atoms. The molecule has 4 heteroatoms. The summed E-state index contributed by atoms with van der Waals surface area (Å²) in [6, 6.07) is 0. The van der Waals surface area contributed by atoms with Gasteiger partial charge in [-0.15, -0.1) is 0 Å². The zero-order chi connectivity index (χ0) is 13.7. The molecular formula is C16H24N2O2. The molecule has 0 spiro atoms. The van der Waals surface area contributed by atoms with Gasteiger partial charge in [0.1, 0.15) is 5.82 Å². The van der Waals surface area contributed by atoms with Gasteiger partial charge in [0, 0.05) is 17.8 Å². The molecule has 4 nitrogen and oxygen atoms in total. The third kappa shape index (κ3) is 1.92. The van der Waals surface area contributed by atoms with Crippen molar-refractivity contribution in [1.82, 2.24) is 9.55 Å². The second-order valence-corrected chi connectivity index (χ2v) is 7.44. The maximum absolute atomic E-state index is 9.74. The van der Waals surface area contributed by atoms with E-state index in [1.807, 2.05) is 12.4 Å². The topological polar surface area (TPSA) is 58.3 Å². The minimum atomic E-state index is -0.683. The van der Waals surface area contributed by atoms with E-state index in [9.17, 15) is 5.11 Å². The first-order chi connectivity index (χ1) is 9.68. The molecule has 5 rings (SSSR count). The van der Waals surface area contributed by atoms with Gasteiger partial charge in [-0.3, -0.25) is 0 Å². The summed E-state index contributed by atoms with van der Waals surface area (Å²) < 4.78 is 2.09. The van der Waals surface area contributed by atoms with Crippen LogP contribution in [0.4, 0.5) is 0 Å². The molecule has 1 aromatic heterocycles. The molecule has 110 valence electrons. The molecule has 1 aromatic rings. The molecule has 0 aliphatic heterocycles. The summed E-state index contributed by atoms with van der Waals surface area (Å²) in [6.45, 7) is 0.284. The average Bonchev–Trinajstić information content (AvgIpc) is 2.86. The van der Waals surface area contributed by atoms with Crippen molar-refractivity contribution in [2.24, 2.45) is 17.8 Å². The number of rotatable bonds is 4. The Bertz CT molecular complexity index is 461. The van der Waals surface area contributed by atoms with E-state index in [1.54, 1.807) is 0 Å². The van der Waals surface area contributed by atoms with Gasteiger partial charge in [-0.05, 0) is 56.3 Å². The minimum absolute atomic E-state index is 0.182. The van der Waals surface area contributed by atoms with Gasteiger partial charge in [-0.2, -0.15) is 0 Å². The van der Waals surface area contributed by atoms with Crippen LogP contribution in [0, 0.1) is 17.8 Å². The number of aromatic nitrogens is 2. The van der Waals surface area contributed by atoms with Crippen LogP contribution in [0.1, 0.15) is 44.3 Å². The van der Waals surface area contributed by atoms with Crippen LogP contribution < -0.4 is 0 Å². The molecule has 1 heterocycles. The molecule has 0 amide bonds. The number of nitrogens with zero attached hydrogens (tertiary/aromatic N) is 2. The first kappa shape index (κ1) is 12.8. The highest BCUT2D eigenvalue weighted by molar-refractivity contribution is 5.18. The fraction of sp³-hybridized carbons (Fsp3) is 0.812. The molecule has 4 aliphatic carbocycles. The molecular weight excluding hydrogens is 252 g/mol. The van der Waals surface area contributed by atoms with Crippen LogP contribution in [0.2, 0.25) is 0 Å². The van der Waals surface area contributed by atoms with E-state index in [-0.39, 0.29) is 12.0 Å². The first-order valence-corrected chi connectivity index (χ1v) is 7.99. The lowest BCUT2D eigenvalue weighted by Gasteiger charge is -2.56. The maximum Gasteiger partial charge on any atom is 0.114 e. The lowest BCUT2D eigenvalue weighted by Crippen LogP contribution is -2.50. The summed E-state index contributed by atoms with van der Waals surface area (Å²) in [5, 5.41) is 18.8. The van der Waals surface area contributed by atoms with Crippen LogP contribution in [0.3, 0.4) is 0 Å². The van der Waals surface area contributed by atoms with Crippen molar-refractivity contribution in [3.05, 3.63) is 18.2 Å². The predicted molar refractivity (Wildman–Crippen MR) is 75.2 cm³/mol. The van der Waals surface area contributed by atoms with E-state index in [4.69, 9.17) is 5.11 Å². The summed E-state index contributed by atoms with van der Waals surface area (Å²) in [6.07, 6.45) is 11.3. The number of imidazole rings is 1. The Kier molecular flexibility index (Phi) is 2.93. The van der Waals surface area contributed by atoms with E-state index in [2.05, 4.69) is 9.55 Å². The van der Waals surface area contributed by atoms with E-state index >= 15 is 0 Å². The quantitative estimate of drug-likeness (QED) is 0.880. The van der Waals surface area contributed by atoms with Crippen molar-refractivity contribution in [3.8, 4) is 0 Å². The number of aliphatic hydroxyl groups is 2. The summed E-state index contributed by atoms with van der Waals surface area (Å²) >= 11 is 0. The lowest BCUT2D eigenvalue weighted by atomic mass is 9.49. The molecule has 2 N–H and O–H groups in total. The molecule has 1 atom stereocenters. The Labute approximate surface area is 119 Å². The third-order valence-electron chi connectivity index (χ3n) is 5.85. The van der Waals surface area contributed by atoms with Crippen LogP contribution >= 0.6 is 0 Å². The van der Waals surface area contributed by atoms with Crippen molar-refractivity contribution >= 4 is 0 Å². The zero-order valence-corrected chi connectivity index (χ0v) is 11.9. The van der Waals surface area contributed by atoms with Crippen LogP contribution in [-0.4, -0.2) is 32.5 Å². The van der Waals surface area contributed by atoms with E-state index in [0.717, 1.165) is 17.8 Å². The fourth-order valence-electron chi connectivity index (χ4n) is 5.59. The molecule has 4 saturated carbocycles. The summed E-state index contributed by atoms with van der Waals surface area (Å²) in [4.78, 5) is 4.66. The Morgan fingerprint density at radius 2 is 1.80 bits per heavy atom. The molecule has 0 radical (unpaired) electrons. The summed E-state index contributed by atoms with van der Waals surface area (Å²) in [7, 11) is 0. The highest BCUT2D eigenvalue weighted by atomic mass is 16.3. The predicted octanol–water partition coefficient (Wildman–Crippen LogP) is 1.70. The van der Waals surface area contributed by atoms with Gasteiger partial charge < -0.3 is 14.8 Å². The van der Waals surface area contributed by atoms with Gasteiger partial charge in [0.2, 0.25) is 0 Å². The van der Waals surface area contributed by atoms with E-state index in [1.165, 1.54) is 44.3 Å². The highest BCUT2D eigenvalue weighted by Gasteiger charge is 2.53. The number of hydrogen-bond acceptors (Lipinski definition) is 3. The van der Waals surface area contributed by atoms with Crippen molar-refractivity contribution < 1.29 is 10.2 Å². The Hall–Kier alpha value is -0.870. The number of aliphatic hydroxyl groups excluding tert-OH is 2. The van der Waals surface area contributed by atoms with Crippen LogP contribution in [0.25, 0.3) is 0 Å². The molecule has 0 aromatic carbocycles. The van der Waals surface area contributed by atoms with Gasteiger partial charge in [0.25, 0.3) is 0 Å². The van der Waals surface area contributed by atoms with E-state index in [0.29, 0.717) is 6.54 Å². The largest absolute Gasteiger partial charge is 0.394 e. The molecule has 4 aliphatic rings. The standard InChI is InChI=1S/C16H24N2O2/c19-10-14(20)9-18-2-1-17-15(18)16-6-11-3-12(7-16)5-13(4-11)8-16/h1-2,11-14,19-20H,3-10H2. The van der Waals surface area contributed by atoms with Gasteiger partial charge in [-0.1, -0.05) is 0 Å². The normalized spacial score (nSPS) is 40.2. The van der Waals surface area contributed by atoms with Gasteiger partial charge in [-0.25, -0.2) is 4.98 Å².